The van der Waals surface area contributed by atoms with Gasteiger partial charge in [0.25, 0.3) is 5.91 Å². The topological polar surface area (TPSA) is 92.2 Å². The van der Waals surface area contributed by atoms with E-state index in [0.29, 0.717) is 52.4 Å². The smallest absolute Gasteiger partial charge is 0.266 e. The van der Waals surface area contributed by atoms with Crippen molar-refractivity contribution in [3.63, 3.8) is 0 Å². The van der Waals surface area contributed by atoms with E-state index in [4.69, 9.17) is 42.8 Å². The molecule has 0 unspecified atom stereocenters. The number of carbonyl (C=O) groups is 1. The lowest BCUT2D eigenvalue weighted by Gasteiger charge is -2.31. The van der Waals surface area contributed by atoms with E-state index in [-0.39, 0.29) is 18.9 Å². The fourth-order valence-electron chi connectivity index (χ4n) is 5.66. The van der Waals surface area contributed by atoms with Crippen molar-refractivity contribution in [1.82, 2.24) is 10.9 Å². The normalized spacial score (nSPS) is 17.4. The number of hydrogen-bond acceptors (Lipinski definition) is 6. The minimum Gasteiger partial charge on any atom is -0.494 e. The highest BCUT2D eigenvalue weighted by atomic mass is 35.5. The van der Waals surface area contributed by atoms with Crippen molar-refractivity contribution in [1.29, 1.82) is 0 Å². The molecule has 0 radical (unpaired) electrons. The van der Waals surface area contributed by atoms with Crippen LogP contribution in [0.5, 0.6) is 5.75 Å². The summed E-state index contributed by atoms with van der Waals surface area (Å²) >= 11 is 13.0. The lowest BCUT2D eigenvalue weighted by atomic mass is 9.82. The minimum atomic E-state index is -1.43. The number of rotatable bonds is 12. The summed E-state index contributed by atoms with van der Waals surface area (Å²) in [4.78, 5) is 19.6. The Morgan fingerprint density at radius 3 is 2.46 bits per heavy atom. The summed E-state index contributed by atoms with van der Waals surface area (Å²) in [5.74, 6) is 0.587. The van der Waals surface area contributed by atoms with Crippen LogP contribution in [0.4, 0.5) is 0 Å². The minimum absolute atomic E-state index is 0.0553. The second-order valence-electron chi connectivity index (χ2n) is 11.1. The van der Waals surface area contributed by atoms with Crippen LogP contribution in [-0.2, 0) is 22.5 Å². The molecule has 1 aliphatic rings. The molecule has 0 fully saturated rings. The molecule has 9 heteroatoms. The monoisotopic (exact) mass is 653 g/mol. The molecule has 3 N–H and O–H groups in total. The van der Waals surface area contributed by atoms with Crippen LogP contribution in [-0.4, -0.2) is 35.7 Å². The van der Waals surface area contributed by atoms with E-state index in [1.807, 2.05) is 78.9 Å². The van der Waals surface area contributed by atoms with Gasteiger partial charge in [-0.2, -0.15) is 0 Å². The zero-order valence-electron chi connectivity index (χ0n) is 25.0. The van der Waals surface area contributed by atoms with Crippen molar-refractivity contribution in [2.24, 2.45) is 4.99 Å². The van der Waals surface area contributed by atoms with Crippen molar-refractivity contribution >= 4 is 45.8 Å². The molecule has 7 nitrogen and oxygen atoms in total. The molecule has 1 aliphatic heterocycles. The number of fused-ring (bicyclic) bond motifs is 1. The molecule has 0 aromatic heterocycles. The molecule has 234 valence electrons. The van der Waals surface area contributed by atoms with Crippen molar-refractivity contribution in [3.8, 4) is 5.75 Å². The molecule has 0 aliphatic carbocycles. The summed E-state index contributed by atoms with van der Waals surface area (Å²) in [6, 6.07) is 36.4. The quantitative estimate of drug-likeness (QED) is 0.0976. The highest BCUT2D eigenvalue weighted by molar-refractivity contribution is 6.35. The van der Waals surface area contributed by atoms with E-state index >= 15 is 0 Å². The van der Waals surface area contributed by atoms with Crippen molar-refractivity contribution in [2.75, 3.05) is 13.2 Å². The second kappa shape index (κ2) is 14.4. The molecule has 0 spiro atoms. The van der Waals surface area contributed by atoms with Crippen molar-refractivity contribution < 1.29 is 19.4 Å². The SMILES string of the molecule is O=C(NNCc1cccc2ccccc12)[C@@]1(Cc2ccccc2)N=C(c2ccc(OCCCO)cc2)O[C@H]1c1ccc(Cl)cc1Cl. The third kappa shape index (κ3) is 6.88. The lowest BCUT2D eigenvalue weighted by Crippen LogP contribution is -2.53. The molecule has 2 atom stereocenters. The molecular weight excluding hydrogens is 621 g/mol. The fourth-order valence-corrected chi connectivity index (χ4v) is 6.16. The van der Waals surface area contributed by atoms with Gasteiger partial charge in [0.1, 0.15) is 5.75 Å². The molecule has 1 amide bonds. The summed E-state index contributed by atoms with van der Waals surface area (Å²) in [5.41, 5.74) is 7.89. The number of ether oxygens (including phenoxy) is 2. The van der Waals surface area contributed by atoms with E-state index < -0.39 is 11.6 Å². The largest absolute Gasteiger partial charge is 0.494 e. The lowest BCUT2D eigenvalue weighted by molar-refractivity contribution is -0.130. The van der Waals surface area contributed by atoms with Crippen LogP contribution in [0.25, 0.3) is 10.8 Å². The predicted octanol–water partition coefficient (Wildman–Crippen LogP) is 7.23. The first-order valence-electron chi connectivity index (χ1n) is 15.1. The van der Waals surface area contributed by atoms with Crippen molar-refractivity contribution in [3.05, 3.63) is 148 Å². The van der Waals surface area contributed by atoms with Gasteiger partial charge < -0.3 is 14.6 Å². The first-order chi connectivity index (χ1) is 22.5. The summed E-state index contributed by atoms with van der Waals surface area (Å²) < 4.78 is 12.3. The van der Waals surface area contributed by atoms with Crippen LogP contribution < -0.4 is 15.6 Å². The highest BCUT2D eigenvalue weighted by Crippen LogP contribution is 2.45. The van der Waals surface area contributed by atoms with Gasteiger partial charge >= 0.3 is 0 Å². The molecule has 46 heavy (non-hydrogen) atoms. The zero-order chi connectivity index (χ0) is 31.9. The van der Waals surface area contributed by atoms with Gasteiger partial charge in [0.2, 0.25) is 5.90 Å². The van der Waals surface area contributed by atoms with Gasteiger partial charge in [-0.05, 0) is 58.3 Å². The maximum absolute atomic E-state index is 14.5. The van der Waals surface area contributed by atoms with Crippen LogP contribution in [0.15, 0.2) is 120 Å². The van der Waals surface area contributed by atoms with Gasteiger partial charge in [-0.15, -0.1) is 0 Å². The van der Waals surface area contributed by atoms with Gasteiger partial charge in [0, 0.05) is 47.2 Å². The molecule has 1 heterocycles. The van der Waals surface area contributed by atoms with Crippen LogP contribution in [0, 0.1) is 0 Å². The average Bonchev–Trinajstić information content (AvgIpc) is 3.45. The van der Waals surface area contributed by atoms with Gasteiger partial charge in [-0.1, -0.05) is 102 Å². The Morgan fingerprint density at radius 1 is 0.913 bits per heavy atom. The zero-order valence-corrected chi connectivity index (χ0v) is 26.5. The fraction of sp³-hybridized carbons (Fsp3) is 0.189. The molecule has 5 aromatic rings. The number of hydrazine groups is 1. The molecule has 5 aromatic carbocycles. The van der Waals surface area contributed by atoms with Gasteiger partial charge in [0.15, 0.2) is 11.6 Å². The predicted molar refractivity (Wildman–Crippen MR) is 182 cm³/mol. The van der Waals surface area contributed by atoms with Crippen LogP contribution in [0.2, 0.25) is 10.0 Å². The van der Waals surface area contributed by atoms with E-state index in [2.05, 4.69) is 29.1 Å². The maximum Gasteiger partial charge on any atom is 0.266 e. The van der Waals surface area contributed by atoms with Crippen LogP contribution in [0.1, 0.15) is 34.8 Å². The van der Waals surface area contributed by atoms with Crippen LogP contribution in [0.3, 0.4) is 0 Å². The summed E-state index contributed by atoms with van der Waals surface area (Å²) in [6.07, 6.45) is -0.0926. The highest BCUT2D eigenvalue weighted by Gasteiger charge is 2.54. The first-order valence-corrected chi connectivity index (χ1v) is 15.8. The molecular formula is C37H33Cl2N3O4. The second-order valence-corrected chi connectivity index (χ2v) is 11.9. The van der Waals surface area contributed by atoms with Gasteiger partial charge in [-0.25, -0.2) is 10.4 Å². The average molecular weight is 655 g/mol. The van der Waals surface area contributed by atoms with E-state index in [1.54, 1.807) is 18.2 Å². The Bertz CT molecular complexity index is 1840. The molecule has 0 saturated carbocycles. The Hall–Kier alpha value is -4.40. The van der Waals surface area contributed by atoms with E-state index in [0.717, 1.165) is 21.9 Å². The molecule has 0 bridgehead atoms. The number of aliphatic hydroxyl groups is 1. The summed E-state index contributed by atoms with van der Waals surface area (Å²) in [7, 11) is 0. The van der Waals surface area contributed by atoms with Gasteiger partial charge in [0.05, 0.1) is 6.61 Å². The number of aliphatic imine (C=N–C) groups is 1. The first kappa shape index (κ1) is 31.6. The molecule has 0 saturated heterocycles. The number of nitrogens with one attached hydrogen (secondary N) is 2. The Balaban J connectivity index is 1.36. The number of hydrogen-bond donors (Lipinski definition) is 3. The maximum atomic E-state index is 14.5. The third-order valence-electron chi connectivity index (χ3n) is 7.95. The third-order valence-corrected chi connectivity index (χ3v) is 8.51. The summed E-state index contributed by atoms with van der Waals surface area (Å²) in [5, 5.41) is 12.1. The summed E-state index contributed by atoms with van der Waals surface area (Å²) in [6.45, 7) is 0.854. The number of nitrogens with zero attached hydrogens (tertiary/aromatic N) is 1. The number of halogens is 2. The Labute approximate surface area is 277 Å². The number of carbonyl (C=O) groups excluding carboxylic acids is 1. The standard InChI is InChI=1S/C37H33Cl2N3O4/c38-29-16-19-32(33(39)22-29)34-37(23-25-8-2-1-3-9-25,41-35(46-34)27-14-17-30(18-15-27)45-21-7-20-43)36(44)42-40-24-28-12-6-11-26-10-4-5-13-31(26)28/h1-6,8-19,22,34,40,43H,7,20-21,23-24H2,(H,42,44)/t34-,37-/m0/s1. The number of benzene rings is 5. The number of amides is 1. The van der Waals surface area contributed by atoms with E-state index in [1.165, 1.54) is 0 Å². The number of aliphatic hydroxyl groups excluding tert-OH is 1. The Kier molecular flexibility index (Phi) is 9.85. The Morgan fingerprint density at radius 2 is 1.67 bits per heavy atom. The van der Waals surface area contributed by atoms with Gasteiger partial charge in [-0.3, -0.25) is 10.2 Å². The van der Waals surface area contributed by atoms with Crippen molar-refractivity contribution in [2.45, 2.75) is 31.0 Å². The molecule has 6 rings (SSSR count). The van der Waals surface area contributed by atoms with E-state index in [9.17, 15) is 4.79 Å². The van der Waals surface area contributed by atoms with Crippen LogP contribution >= 0.6 is 23.2 Å².